The molecule has 0 radical (unpaired) electrons. The van der Waals surface area contributed by atoms with Crippen LogP contribution < -0.4 is 4.74 Å². The van der Waals surface area contributed by atoms with Crippen LogP contribution in [0, 0.1) is 0 Å². The molecule has 3 rings (SSSR count). The third kappa shape index (κ3) is 4.81. The zero-order valence-electron chi connectivity index (χ0n) is 15.2. The zero-order valence-corrected chi connectivity index (χ0v) is 15.2. The lowest BCUT2D eigenvalue weighted by molar-refractivity contribution is 0.103. The van der Waals surface area contributed by atoms with E-state index >= 15 is 0 Å². The van der Waals surface area contributed by atoms with Crippen molar-refractivity contribution < 1.29 is 19.4 Å². The summed E-state index contributed by atoms with van der Waals surface area (Å²) in [7, 11) is 0. The molecule has 28 heavy (non-hydrogen) atoms. The maximum atomic E-state index is 12.9. The Hall–Kier alpha value is -3.50. The van der Waals surface area contributed by atoms with E-state index in [1.54, 1.807) is 60.7 Å². The van der Waals surface area contributed by atoms with Crippen molar-refractivity contribution in [3.63, 3.8) is 0 Å². The van der Waals surface area contributed by atoms with E-state index in [-0.39, 0.29) is 24.8 Å². The van der Waals surface area contributed by atoms with Crippen molar-refractivity contribution in [2.75, 3.05) is 13.2 Å². The first-order valence-electron chi connectivity index (χ1n) is 8.94. The highest BCUT2D eigenvalue weighted by atomic mass is 16.5. The predicted molar refractivity (Wildman–Crippen MR) is 109 cm³/mol. The smallest absolute Gasteiger partial charge is 0.193 e. The Morgan fingerprint density at radius 2 is 1.50 bits per heavy atom. The van der Waals surface area contributed by atoms with Gasteiger partial charge in [0, 0.05) is 16.7 Å². The number of ether oxygens (including phenoxy) is 1. The van der Waals surface area contributed by atoms with E-state index in [2.05, 4.69) is 0 Å². The molecule has 140 valence electrons. The Balaban J connectivity index is 1.80. The van der Waals surface area contributed by atoms with Crippen molar-refractivity contribution >= 4 is 17.6 Å². The fraction of sp³-hybridized carbons (Fsp3) is 0.0833. The lowest BCUT2D eigenvalue weighted by atomic mass is 9.97. The van der Waals surface area contributed by atoms with Gasteiger partial charge in [-0.3, -0.25) is 9.59 Å². The van der Waals surface area contributed by atoms with E-state index in [0.717, 1.165) is 0 Å². The molecule has 3 aromatic carbocycles. The number of aliphatic hydroxyl groups is 1. The van der Waals surface area contributed by atoms with E-state index < -0.39 is 0 Å². The number of hydrogen-bond donors (Lipinski definition) is 1. The number of rotatable bonds is 8. The number of carbonyl (C=O) groups is 2. The van der Waals surface area contributed by atoms with Crippen molar-refractivity contribution in [2.24, 2.45) is 0 Å². The Bertz CT molecular complexity index is 973. The minimum Gasteiger partial charge on any atom is -0.491 e. The fourth-order valence-corrected chi connectivity index (χ4v) is 2.73. The highest BCUT2D eigenvalue weighted by Gasteiger charge is 2.12. The van der Waals surface area contributed by atoms with Crippen LogP contribution in [0.5, 0.6) is 5.75 Å². The van der Waals surface area contributed by atoms with Gasteiger partial charge < -0.3 is 9.84 Å². The molecule has 0 heterocycles. The van der Waals surface area contributed by atoms with Gasteiger partial charge in [0.25, 0.3) is 0 Å². The van der Waals surface area contributed by atoms with E-state index in [4.69, 9.17) is 9.84 Å². The van der Waals surface area contributed by atoms with Crippen LogP contribution in [0.2, 0.25) is 0 Å². The summed E-state index contributed by atoms with van der Waals surface area (Å²) in [5, 5.41) is 8.80. The first-order chi connectivity index (χ1) is 13.7. The summed E-state index contributed by atoms with van der Waals surface area (Å²) >= 11 is 0. The van der Waals surface area contributed by atoms with Crippen molar-refractivity contribution in [1.82, 2.24) is 0 Å². The molecule has 0 aromatic heterocycles. The normalized spacial score (nSPS) is 10.8. The van der Waals surface area contributed by atoms with Gasteiger partial charge in [-0.1, -0.05) is 60.7 Å². The largest absolute Gasteiger partial charge is 0.491 e. The maximum Gasteiger partial charge on any atom is 0.193 e. The molecule has 0 atom stereocenters. The van der Waals surface area contributed by atoms with Gasteiger partial charge in [0.05, 0.1) is 6.61 Å². The molecular formula is C24H20O4. The van der Waals surface area contributed by atoms with Crippen LogP contribution >= 0.6 is 0 Å². The van der Waals surface area contributed by atoms with Crippen molar-refractivity contribution in [3.8, 4) is 5.75 Å². The number of carbonyl (C=O) groups excluding carboxylic acids is 2. The average Bonchev–Trinajstić information content (AvgIpc) is 2.76. The lowest BCUT2D eigenvalue weighted by Crippen LogP contribution is -2.05. The van der Waals surface area contributed by atoms with E-state index in [1.165, 1.54) is 6.08 Å². The molecular weight excluding hydrogens is 352 g/mol. The summed E-state index contributed by atoms with van der Waals surface area (Å²) in [6.07, 6.45) is 3.15. The quantitative estimate of drug-likeness (QED) is 0.476. The molecule has 1 N–H and O–H groups in total. The topological polar surface area (TPSA) is 63.6 Å². The summed E-state index contributed by atoms with van der Waals surface area (Å²) in [5.74, 6) is 0.335. The van der Waals surface area contributed by atoms with Gasteiger partial charge in [-0.05, 0) is 35.9 Å². The Morgan fingerprint density at radius 3 is 2.21 bits per heavy atom. The molecule has 0 spiro atoms. The molecule has 0 aliphatic heterocycles. The fourth-order valence-electron chi connectivity index (χ4n) is 2.73. The standard InChI is InChI=1S/C24H20O4/c25-16-17-28-21-13-10-20(11-14-21)24(27)22-9-5-4-6-18(22)12-15-23(26)19-7-2-1-3-8-19/h1-15,25H,16-17H2. The molecule has 0 fully saturated rings. The third-order valence-electron chi connectivity index (χ3n) is 4.15. The van der Waals surface area contributed by atoms with Crippen LogP contribution in [-0.2, 0) is 0 Å². The third-order valence-corrected chi connectivity index (χ3v) is 4.15. The van der Waals surface area contributed by atoms with Crippen molar-refractivity contribution in [2.45, 2.75) is 0 Å². The monoisotopic (exact) mass is 372 g/mol. The molecule has 0 unspecified atom stereocenters. The van der Waals surface area contributed by atoms with Gasteiger partial charge in [-0.25, -0.2) is 0 Å². The number of hydrogen-bond acceptors (Lipinski definition) is 4. The maximum absolute atomic E-state index is 12.9. The van der Waals surface area contributed by atoms with Crippen LogP contribution in [0.15, 0.2) is 84.9 Å². The van der Waals surface area contributed by atoms with Crippen LogP contribution in [0.1, 0.15) is 31.8 Å². The summed E-state index contributed by atoms with van der Waals surface area (Å²) in [6, 6.07) is 22.9. The summed E-state index contributed by atoms with van der Waals surface area (Å²) in [5.41, 5.74) is 2.31. The van der Waals surface area contributed by atoms with Gasteiger partial charge in [-0.2, -0.15) is 0 Å². The Labute approximate surface area is 163 Å². The molecule has 0 saturated carbocycles. The van der Waals surface area contributed by atoms with Gasteiger partial charge in [0.2, 0.25) is 0 Å². The first kappa shape index (κ1) is 19.3. The zero-order chi connectivity index (χ0) is 19.8. The number of allylic oxidation sites excluding steroid dienone is 1. The van der Waals surface area contributed by atoms with Crippen LogP contribution in [0.4, 0.5) is 0 Å². The second-order valence-electron chi connectivity index (χ2n) is 6.08. The Kier molecular flexibility index (Phi) is 6.50. The molecule has 0 bridgehead atoms. The SMILES string of the molecule is O=C(C=Cc1ccccc1C(=O)c1ccc(OCCO)cc1)c1ccccc1. The molecule has 4 nitrogen and oxygen atoms in total. The molecule has 3 aromatic rings. The van der Waals surface area contributed by atoms with E-state index in [1.807, 2.05) is 24.3 Å². The highest BCUT2D eigenvalue weighted by Crippen LogP contribution is 2.19. The van der Waals surface area contributed by atoms with Crippen molar-refractivity contribution in [1.29, 1.82) is 0 Å². The van der Waals surface area contributed by atoms with Crippen molar-refractivity contribution in [3.05, 3.63) is 107 Å². The molecule has 0 aliphatic rings. The van der Waals surface area contributed by atoms with Gasteiger partial charge in [0.1, 0.15) is 12.4 Å². The van der Waals surface area contributed by atoms with Crippen LogP contribution in [0.3, 0.4) is 0 Å². The Morgan fingerprint density at radius 1 is 0.821 bits per heavy atom. The molecule has 0 amide bonds. The predicted octanol–water partition coefficient (Wildman–Crippen LogP) is 4.18. The first-order valence-corrected chi connectivity index (χ1v) is 8.94. The van der Waals surface area contributed by atoms with Crippen LogP contribution in [-0.4, -0.2) is 29.9 Å². The highest BCUT2D eigenvalue weighted by molar-refractivity contribution is 6.12. The van der Waals surface area contributed by atoms with Gasteiger partial charge in [0.15, 0.2) is 11.6 Å². The average molecular weight is 372 g/mol. The summed E-state index contributed by atoms with van der Waals surface area (Å²) in [6.45, 7) is 0.137. The van der Waals surface area contributed by atoms with E-state index in [0.29, 0.717) is 28.0 Å². The second kappa shape index (κ2) is 9.44. The minimum absolute atomic E-state index is 0.0674. The number of aliphatic hydroxyl groups excluding tert-OH is 1. The summed E-state index contributed by atoms with van der Waals surface area (Å²) < 4.78 is 5.32. The minimum atomic E-state index is -0.138. The van der Waals surface area contributed by atoms with Crippen LogP contribution in [0.25, 0.3) is 6.08 Å². The summed E-state index contributed by atoms with van der Waals surface area (Å²) in [4.78, 5) is 25.2. The molecule has 0 aliphatic carbocycles. The lowest BCUT2D eigenvalue weighted by Gasteiger charge is -2.07. The number of ketones is 2. The number of benzene rings is 3. The van der Waals surface area contributed by atoms with Gasteiger partial charge in [-0.15, -0.1) is 0 Å². The molecule has 4 heteroatoms. The second-order valence-corrected chi connectivity index (χ2v) is 6.08. The van der Waals surface area contributed by atoms with E-state index in [9.17, 15) is 9.59 Å². The van der Waals surface area contributed by atoms with Gasteiger partial charge >= 0.3 is 0 Å². The molecule has 0 saturated heterocycles.